The van der Waals surface area contributed by atoms with Gasteiger partial charge in [0.25, 0.3) is 0 Å². The monoisotopic (exact) mass is 457 g/mol. The maximum absolute atomic E-state index is 10.8. The van der Waals surface area contributed by atoms with Gasteiger partial charge in [-0.2, -0.15) is 5.48 Å². The topological polar surface area (TPSA) is 67.8 Å². The van der Waals surface area contributed by atoms with Crippen molar-refractivity contribution in [2.45, 2.75) is 44.8 Å². The van der Waals surface area contributed by atoms with Gasteiger partial charge in [-0.3, -0.25) is 4.84 Å². The average Bonchev–Trinajstić information content (AvgIpc) is 2.87. The number of benzene rings is 3. The Morgan fingerprint density at radius 1 is 0.941 bits per heavy atom. The van der Waals surface area contributed by atoms with E-state index < -0.39 is 5.97 Å². The molecule has 0 bridgehead atoms. The van der Waals surface area contributed by atoms with Crippen LogP contribution in [0.1, 0.15) is 54.5 Å². The Bertz CT molecular complexity index is 1070. The Morgan fingerprint density at radius 2 is 1.62 bits per heavy atom. The zero-order valence-corrected chi connectivity index (χ0v) is 19.4. The molecule has 0 saturated heterocycles. The van der Waals surface area contributed by atoms with E-state index in [2.05, 4.69) is 48.8 Å². The van der Waals surface area contributed by atoms with Gasteiger partial charge in [0.15, 0.2) is 6.61 Å². The molecule has 1 atom stereocenters. The molecule has 2 N–H and O–H groups in total. The van der Waals surface area contributed by atoms with Crippen molar-refractivity contribution in [2.24, 2.45) is 0 Å². The van der Waals surface area contributed by atoms with Crippen molar-refractivity contribution in [3.63, 3.8) is 0 Å². The van der Waals surface area contributed by atoms with Crippen LogP contribution >= 0.6 is 0 Å². The maximum atomic E-state index is 10.8. The van der Waals surface area contributed by atoms with Crippen LogP contribution in [0.2, 0.25) is 0 Å². The molecule has 0 spiro atoms. The fourth-order valence-corrected chi connectivity index (χ4v) is 4.26. The van der Waals surface area contributed by atoms with Crippen molar-refractivity contribution in [1.29, 1.82) is 0 Å². The van der Waals surface area contributed by atoms with Crippen molar-refractivity contribution in [3.05, 3.63) is 107 Å². The van der Waals surface area contributed by atoms with Gasteiger partial charge in [-0.25, -0.2) is 4.79 Å². The second-order valence-electron chi connectivity index (χ2n) is 8.69. The first kappa shape index (κ1) is 23.7. The van der Waals surface area contributed by atoms with Gasteiger partial charge in [0.1, 0.15) is 11.9 Å². The van der Waals surface area contributed by atoms with Gasteiger partial charge in [0.05, 0.1) is 0 Å². The van der Waals surface area contributed by atoms with Gasteiger partial charge in [-0.15, -0.1) is 0 Å². The van der Waals surface area contributed by atoms with Crippen molar-refractivity contribution in [2.75, 3.05) is 6.61 Å². The molecule has 0 saturated carbocycles. The van der Waals surface area contributed by atoms with Gasteiger partial charge in [0, 0.05) is 11.6 Å². The van der Waals surface area contributed by atoms with Crippen LogP contribution in [0, 0.1) is 0 Å². The SMILES string of the molecule is CC(CCC1=Cc2cccc(OCC(=O)O)c2CC1)NOC(c1ccccc1)c1ccccc1. The number of carbonyl (C=O) groups is 1. The molecule has 0 amide bonds. The normalized spacial score (nSPS) is 13.8. The number of hydrogen-bond donors (Lipinski definition) is 2. The summed E-state index contributed by atoms with van der Waals surface area (Å²) in [6, 6.07) is 26.5. The lowest BCUT2D eigenvalue weighted by atomic mass is 9.89. The molecule has 0 radical (unpaired) electrons. The van der Waals surface area contributed by atoms with E-state index in [1.165, 1.54) is 5.57 Å². The van der Waals surface area contributed by atoms with E-state index >= 15 is 0 Å². The third-order valence-corrected chi connectivity index (χ3v) is 6.07. The van der Waals surface area contributed by atoms with Gasteiger partial charge < -0.3 is 9.84 Å². The van der Waals surface area contributed by atoms with Gasteiger partial charge in [-0.05, 0) is 55.4 Å². The molecule has 5 nitrogen and oxygen atoms in total. The van der Waals surface area contributed by atoms with Crippen LogP contribution in [0.25, 0.3) is 6.08 Å². The predicted octanol–water partition coefficient (Wildman–Crippen LogP) is 5.96. The highest BCUT2D eigenvalue weighted by atomic mass is 16.7. The molecular weight excluding hydrogens is 426 g/mol. The Labute approximate surface area is 201 Å². The lowest BCUT2D eigenvalue weighted by Crippen LogP contribution is -2.28. The average molecular weight is 458 g/mol. The molecule has 1 aliphatic rings. The maximum Gasteiger partial charge on any atom is 0.341 e. The van der Waals surface area contributed by atoms with Gasteiger partial charge in [-0.1, -0.05) is 84.4 Å². The summed E-state index contributed by atoms with van der Waals surface area (Å²) in [7, 11) is 0. The fraction of sp³-hybridized carbons (Fsp3) is 0.276. The number of aliphatic carboxylic acids is 1. The standard InChI is InChI=1S/C29H31NO4/c1-21(30-34-29(23-9-4-2-5-10-23)24-11-6-3-7-12-24)15-16-22-17-18-26-25(19-22)13-8-14-27(26)33-20-28(31)32/h2-14,19,21,29-30H,15-18,20H2,1H3,(H,31,32). The van der Waals surface area contributed by atoms with Crippen molar-refractivity contribution < 1.29 is 19.5 Å². The lowest BCUT2D eigenvalue weighted by Gasteiger charge is -2.23. The van der Waals surface area contributed by atoms with E-state index in [4.69, 9.17) is 14.7 Å². The molecule has 3 aromatic rings. The number of hydrogen-bond acceptors (Lipinski definition) is 4. The number of ether oxygens (including phenoxy) is 1. The quantitative estimate of drug-likeness (QED) is 0.348. The molecule has 0 aromatic heterocycles. The zero-order valence-electron chi connectivity index (χ0n) is 19.4. The van der Waals surface area contributed by atoms with Crippen LogP contribution in [0.15, 0.2) is 84.4 Å². The fourth-order valence-electron chi connectivity index (χ4n) is 4.26. The highest BCUT2D eigenvalue weighted by molar-refractivity contribution is 5.69. The molecule has 0 aliphatic heterocycles. The third-order valence-electron chi connectivity index (χ3n) is 6.07. The summed E-state index contributed by atoms with van der Waals surface area (Å²) in [5.41, 5.74) is 9.10. The minimum atomic E-state index is -0.963. The van der Waals surface area contributed by atoms with Crippen molar-refractivity contribution >= 4 is 12.0 Å². The van der Waals surface area contributed by atoms with Gasteiger partial charge >= 0.3 is 5.97 Å². The number of rotatable bonds is 11. The molecule has 1 unspecified atom stereocenters. The number of allylic oxidation sites excluding steroid dienone is 1. The van der Waals surface area contributed by atoms with Crippen molar-refractivity contribution in [3.8, 4) is 5.75 Å². The van der Waals surface area contributed by atoms with E-state index in [0.717, 1.165) is 47.9 Å². The number of nitrogens with one attached hydrogen (secondary N) is 1. The molecule has 0 heterocycles. The van der Waals surface area contributed by atoms with Crippen LogP contribution in [-0.2, 0) is 16.1 Å². The largest absolute Gasteiger partial charge is 0.482 e. The summed E-state index contributed by atoms with van der Waals surface area (Å²) in [6.45, 7) is 1.82. The number of carboxylic acids is 1. The molecule has 176 valence electrons. The zero-order chi connectivity index (χ0) is 23.8. The summed E-state index contributed by atoms with van der Waals surface area (Å²) in [6.07, 6.45) is 5.78. The summed E-state index contributed by atoms with van der Waals surface area (Å²) in [5.74, 6) is -0.290. The van der Waals surface area contributed by atoms with Crippen LogP contribution in [0.5, 0.6) is 5.75 Å². The summed E-state index contributed by atoms with van der Waals surface area (Å²) in [4.78, 5) is 17.0. The molecule has 3 aromatic carbocycles. The first-order valence-electron chi connectivity index (χ1n) is 11.8. The Morgan fingerprint density at radius 3 is 2.26 bits per heavy atom. The van der Waals surface area contributed by atoms with Crippen LogP contribution < -0.4 is 10.2 Å². The highest BCUT2D eigenvalue weighted by Crippen LogP contribution is 2.33. The summed E-state index contributed by atoms with van der Waals surface area (Å²) in [5, 5.41) is 8.90. The molecule has 4 rings (SSSR count). The smallest absolute Gasteiger partial charge is 0.341 e. The molecular formula is C29H31NO4. The van der Waals surface area contributed by atoms with Crippen LogP contribution in [0.3, 0.4) is 0 Å². The Hall–Kier alpha value is -3.41. The molecule has 34 heavy (non-hydrogen) atoms. The van der Waals surface area contributed by atoms with E-state index in [-0.39, 0.29) is 18.8 Å². The summed E-state index contributed by atoms with van der Waals surface area (Å²) < 4.78 is 5.47. The summed E-state index contributed by atoms with van der Waals surface area (Å²) >= 11 is 0. The van der Waals surface area contributed by atoms with E-state index in [1.807, 2.05) is 48.5 Å². The molecule has 0 fully saturated rings. The highest BCUT2D eigenvalue weighted by Gasteiger charge is 2.18. The van der Waals surface area contributed by atoms with E-state index in [0.29, 0.717) is 5.75 Å². The first-order chi connectivity index (χ1) is 16.6. The van der Waals surface area contributed by atoms with E-state index in [1.54, 1.807) is 0 Å². The minimum absolute atomic E-state index is 0.171. The molecule has 5 heteroatoms. The lowest BCUT2D eigenvalue weighted by molar-refractivity contribution is -0.139. The van der Waals surface area contributed by atoms with Crippen LogP contribution in [-0.4, -0.2) is 23.7 Å². The van der Waals surface area contributed by atoms with E-state index in [9.17, 15) is 4.79 Å². The van der Waals surface area contributed by atoms with Crippen LogP contribution in [0.4, 0.5) is 0 Å². The predicted molar refractivity (Wildman–Crippen MR) is 134 cm³/mol. The third kappa shape index (κ3) is 6.34. The Balaban J connectivity index is 1.34. The van der Waals surface area contributed by atoms with Gasteiger partial charge in [0.2, 0.25) is 0 Å². The second kappa shape index (κ2) is 11.6. The van der Waals surface area contributed by atoms with Crippen molar-refractivity contribution in [1.82, 2.24) is 5.48 Å². The molecule has 1 aliphatic carbocycles. The number of carboxylic acid groups (broad SMARTS) is 1. The first-order valence-corrected chi connectivity index (χ1v) is 11.8. The Kier molecular flexibility index (Phi) is 8.12. The second-order valence-corrected chi connectivity index (χ2v) is 8.69. The minimum Gasteiger partial charge on any atom is -0.482 e. The number of hydroxylamine groups is 1. The number of fused-ring (bicyclic) bond motifs is 1.